The molecule has 0 radical (unpaired) electrons. The molecule has 34 heavy (non-hydrogen) atoms. The highest BCUT2D eigenvalue weighted by molar-refractivity contribution is 5.76. The number of aromatic nitrogens is 3. The Morgan fingerprint density at radius 1 is 1.15 bits per heavy atom. The van der Waals surface area contributed by atoms with Gasteiger partial charge < -0.3 is 15.8 Å². The van der Waals surface area contributed by atoms with Crippen LogP contribution in [-0.2, 0) is 19.5 Å². The van der Waals surface area contributed by atoms with Crippen molar-refractivity contribution in [3.63, 3.8) is 0 Å². The lowest BCUT2D eigenvalue weighted by molar-refractivity contribution is 0.153. The van der Waals surface area contributed by atoms with Crippen molar-refractivity contribution in [3.05, 3.63) is 68.5 Å². The number of hydrogen-bond donors (Lipinski definition) is 2. The van der Waals surface area contributed by atoms with Gasteiger partial charge in [-0.2, -0.15) is 0 Å². The number of fused-ring (bicyclic) bond motifs is 1. The van der Waals surface area contributed by atoms with E-state index in [4.69, 9.17) is 10.5 Å². The van der Waals surface area contributed by atoms with Crippen LogP contribution in [0.4, 0.5) is 0 Å². The van der Waals surface area contributed by atoms with Gasteiger partial charge in [-0.3, -0.25) is 28.6 Å². The summed E-state index contributed by atoms with van der Waals surface area (Å²) in [6.45, 7) is 4.32. The zero-order valence-electron chi connectivity index (χ0n) is 19.2. The van der Waals surface area contributed by atoms with E-state index in [2.05, 4.69) is 21.3 Å². The van der Waals surface area contributed by atoms with Gasteiger partial charge in [-0.15, -0.1) is 0 Å². The molecule has 1 saturated heterocycles. The van der Waals surface area contributed by atoms with Gasteiger partial charge >= 0.3 is 0 Å². The summed E-state index contributed by atoms with van der Waals surface area (Å²) in [5.74, 6) is 0.908. The molecule has 0 spiro atoms. The van der Waals surface area contributed by atoms with E-state index >= 15 is 0 Å². The number of likely N-dealkylation sites (tertiary alicyclic amines) is 1. The molecule has 0 bridgehead atoms. The van der Waals surface area contributed by atoms with Gasteiger partial charge in [0.2, 0.25) is 0 Å². The highest BCUT2D eigenvalue weighted by Gasteiger charge is 2.31. The summed E-state index contributed by atoms with van der Waals surface area (Å²) in [6.07, 6.45) is 4.85. The average Bonchev–Trinajstić information content (AvgIpc) is 3.23. The molecule has 0 saturated carbocycles. The van der Waals surface area contributed by atoms with Crippen LogP contribution in [0.3, 0.4) is 0 Å². The summed E-state index contributed by atoms with van der Waals surface area (Å²) in [6, 6.07) is 9.03. The number of nitrogens with zero attached hydrogens (tertiary/aromatic N) is 4. The predicted octanol–water partition coefficient (Wildman–Crippen LogP) is 0.629. The van der Waals surface area contributed by atoms with E-state index in [1.165, 1.54) is 5.56 Å². The van der Waals surface area contributed by atoms with Gasteiger partial charge in [-0.1, -0.05) is 0 Å². The monoisotopic (exact) mass is 462 g/mol. The number of nitrogens with two attached hydrogens (primary N) is 1. The highest BCUT2D eigenvalue weighted by Crippen LogP contribution is 2.26. The topological polar surface area (TPSA) is 107 Å². The van der Waals surface area contributed by atoms with Crippen LogP contribution in [-0.4, -0.2) is 57.3 Å². The number of hydrogen-bond acceptors (Lipinski definition) is 7. The Hall–Kier alpha value is -3.01. The van der Waals surface area contributed by atoms with Gasteiger partial charge in [0.25, 0.3) is 11.1 Å². The minimum Gasteiger partial charge on any atom is -0.492 e. The Kier molecular flexibility index (Phi) is 5.47. The van der Waals surface area contributed by atoms with Gasteiger partial charge in [-0.25, -0.2) is 0 Å². The largest absolute Gasteiger partial charge is 0.492 e. The fraction of sp³-hybridized carbons (Fsp3) is 0.480. The van der Waals surface area contributed by atoms with Crippen molar-refractivity contribution >= 4 is 11.0 Å². The third-order valence-electron chi connectivity index (χ3n) is 7.42. The summed E-state index contributed by atoms with van der Waals surface area (Å²) in [4.78, 5) is 31.9. The fourth-order valence-electron chi connectivity index (χ4n) is 5.70. The van der Waals surface area contributed by atoms with Crippen LogP contribution in [0.25, 0.3) is 11.0 Å². The van der Waals surface area contributed by atoms with Crippen molar-refractivity contribution in [2.45, 2.75) is 50.5 Å². The molecular weight excluding hydrogens is 432 g/mol. The molecule has 9 heteroatoms. The lowest BCUT2D eigenvalue weighted by Crippen LogP contribution is -2.57. The zero-order valence-corrected chi connectivity index (χ0v) is 19.2. The SMILES string of the molecule is N[C@H]1CN(C[C@@H]2Cn3c(=O)ccc4ccc(=O)n2c43)CCC1NCc1cc2c(cn1)OCCC2. The van der Waals surface area contributed by atoms with Crippen LogP contribution in [0.1, 0.15) is 30.1 Å². The molecule has 0 aromatic carbocycles. The van der Waals surface area contributed by atoms with Crippen LogP contribution in [0, 0.1) is 0 Å². The Balaban J connectivity index is 1.09. The summed E-state index contributed by atoms with van der Waals surface area (Å²) in [5.41, 5.74) is 9.43. The number of piperidine rings is 1. The van der Waals surface area contributed by atoms with E-state index in [1.807, 2.05) is 6.20 Å². The maximum Gasteiger partial charge on any atom is 0.252 e. The fourth-order valence-corrected chi connectivity index (χ4v) is 5.70. The first-order valence-electron chi connectivity index (χ1n) is 12.1. The smallest absolute Gasteiger partial charge is 0.252 e. The Morgan fingerprint density at radius 2 is 2.00 bits per heavy atom. The first-order valence-corrected chi connectivity index (χ1v) is 12.1. The molecule has 178 valence electrons. The van der Waals surface area contributed by atoms with E-state index < -0.39 is 0 Å². The van der Waals surface area contributed by atoms with Crippen molar-refractivity contribution in [2.24, 2.45) is 5.73 Å². The van der Waals surface area contributed by atoms with E-state index in [1.54, 1.807) is 33.4 Å². The number of pyridine rings is 3. The molecule has 0 amide bonds. The normalized spacial score (nSPS) is 24.2. The minimum absolute atomic E-state index is 0.0197. The van der Waals surface area contributed by atoms with Gasteiger partial charge in [0.15, 0.2) is 0 Å². The van der Waals surface area contributed by atoms with Gasteiger partial charge in [0.05, 0.1) is 24.5 Å². The van der Waals surface area contributed by atoms with Crippen molar-refractivity contribution in [1.29, 1.82) is 0 Å². The van der Waals surface area contributed by atoms with Gasteiger partial charge in [-0.05, 0) is 49.6 Å². The maximum absolute atomic E-state index is 12.7. The first kappa shape index (κ1) is 21.5. The van der Waals surface area contributed by atoms with E-state index in [9.17, 15) is 9.59 Å². The van der Waals surface area contributed by atoms with Crippen molar-refractivity contribution < 1.29 is 4.74 Å². The third-order valence-corrected chi connectivity index (χ3v) is 7.42. The van der Waals surface area contributed by atoms with E-state index in [0.717, 1.165) is 61.4 Å². The molecule has 3 aromatic heterocycles. The molecule has 1 fully saturated rings. The highest BCUT2D eigenvalue weighted by atomic mass is 16.5. The molecule has 1 unspecified atom stereocenters. The molecule has 3 aromatic rings. The standard InChI is InChI=1S/C25H30N6O3/c26-20-15-29(8-7-21(20)28-11-18-10-17-2-1-9-34-22(17)12-27-18)13-19-14-30-23(32)5-3-16-4-6-24(33)31(19)25(16)30/h3-6,10,12,19-21,28H,1-2,7-9,11,13-15,26H2/t19-,20+,21?/m1/s1. The Labute approximate surface area is 197 Å². The predicted molar refractivity (Wildman–Crippen MR) is 129 cm³/mol. The molecule has 3 aliphatic rings. The zero-order chi connectivity index (χ0) is 23.2. The molecule has 3 N–H and O–H groups in total. The van der Waals surface area contributed by atoms with E-state index in [-0.39, 0.29) is 29.2 Å². The van der Waals surface area contributed by atoms with Crippen LogP contribution in [0.15, 0.2) is 46.1 Å². The molecule has 6 heterocycles. The number of aryl methyl sites for hydroxylation is 1. The second kappa shape index (κ2) is 8.65. The summed E-state index contributed by atoms with van der Waals surface area (Å²) in [5, 5.41) is 4.52. The third kappa shape index (κ3) is 3.83. The Morgan fingerprint density at radius 3 is 2.85 bits per heavy atom. The van der Waals surface area contributed by atoms with Crippen LogP contribution >= 0.6 is 0 Å². The van der Waals surface area contributed by atoms with Gasteiger partial charge in [0.1, 0.15) is 11.4 Å². The molecular formula is C25H30N6O3. The molecule has 3 aliphatic heterocycles. The minimum atomic E-state index is -0.0649. The van der Waals surface area contributed by atoms with Crippen LogP contribution in [0.5, 0.6) is 5.75 Å². The lowest BCUT2D eigenvalue weighted by Gasteiger charge is -2.38. The average molecular weight is 463 g/mol. The number of rotatable bonds is 5. The van der Waals surface area contributed by atoms with Crippen molar-refractivity contribution in [3.8, 4) is 5.75 Å². The van der Waals surface area contributed by atoms with Crippen molar-refractivity contribution in [1.82, 2.24) is 24.3 Å². The van der Waals surface area contributed by atoms with Gasteiger partial charge in [0, 0.05) is 55.8 Å². The first-order chi connectivity index (χ1) is 16.6. The number of ether oxygens (including phenoxy) is 1. The quantitative estimate of drug-likeness (QED) is 0.573. The van der Waals surface area contributed by atoms with Crippen LogP contribution in [0.2, 0.25) is 0 Å². The molecule has 3 atom stereocenters. The molecule has 9 nitrogen and oxygen atoms in total. The lowest BCUT2D eigenvalue weighted by atomic mass is 9.99. The molecule has 0 aliphatic carbocycles. The second-order valence-electron chi connectivity index (χ2n) is 9.69. The van der Waals surface area contributed by atoms with E-state index in [0.29, 0.717) is 19.6 Å². The van der Waals surface area contributed by atoms with Crippen molar-refractivity contribution in [2.75, 3.05) is 26.2 Å². The maximum atomic E-state index is 12.7. The summed E-state index contributed by atoms with van der Waals surface area (Å²) in [7, 11) is 0. The Bertz CT molecular complexity index is 1340. The number of nitrogens with one attached hydrogen (secondary N) is 1. The van der Waals surface area contributed by atoms with Crippen LogP contribution < -0.4 is 26.9 Å². The summed E-state index contributed by atoms with van der Waals surface area (Å²) >= 11 is 0. The molecule has 6 rings (SSSR count). The summed E-state index contributed by atoms with van der Waals surface area (Å²) < 4.78 is 9.18. The second-order valence-corrected chi connectivity index (χ2v) is 9.69.